The van der Waals surface area contributed by atoms with E-state index in [1.54, 1.807) is 13.1 Å². The van der Waals surface area contributed by atoms with Gasteiger partial charge in [-0.3, -0.25) is 4.79 Å². The average Bonchev–Trinajstić information content (AvgIpc) is 3.30. The highest BCUT2D eigenvalue weighted by Crippen LogP contribution is 2.31. The molecule has 0 saturated carbocycles. The molecule has 0 unspecified atom stereocenters. The van der Waals surface area contributed by atoms with Crippen LogP contribution in [0.2, 0.25) is 0 Å². The number of ether oxygens (including phenoxy) is 1. The highest BCUT2D eigenvalue weighted by Gasteiger charge is 2.30. The van der Waals surface area contributed by atoms with Crippen molar-refractivity contribution in [3.63, 3.8) is 0 Å². The molecular formula is C17H14F3N3O4. The number of halogens is 3. The van der Waals surface area contributed by atoms with Gasteiger partial charge in [-0.05, 0) is 18.2 Å². The van der Waals surface area contributed by atoms with E-state index < -0.39 is 17.6 Å². The minimum atomic E-state index is -4.46. The molecule has 1 aromatic carbocycles. The third kappa shape index (κ3) is 4.66. The maximum absolute atomic E-state index is 12.7. The largest absolute Gasteiger partial charge is 0.484 e. The molecule has 0 spiro atoms. The number of alkyl halides is 3. The summed E-state index contributed by atoms with van der Waals surface area (Å²) in [6, 6.07) is 6.07. The van der Waals surface area contributed by atoms with Crippen LogP contribution >= 0.6 is 0 Å². The molecule has 0 bridgehead atoms. The van der Waals surface area contributed by atoms with Crippen molar-refractivity contribution in [1.82, 2.24) is 15.0 Å². The molecule has 0 aliphatic carbocycles. The van der Waals surface area contributed by atoms with Gasteiger partial charge in [0.15, 0.2) is 12.3 Å². The summed E-state index contributed by atoms with van der Waals surface area (Å²) < 4.78 is 53.2. The molecule has 2 aromatic heterocycles. The number of carbonyl (C=O) groups excluding carboxylic acids is 1. The lowest BCUT2D eigenvalue weighted by molar-refractivity contribution is -0.137. The Balaban J connectivity index is 1.60. The molecule has 0 fully saturated rings. The van der Waals surface area contributed by atoms with Gasteiger partial charge in [-0.25, -0.2) is 4.98 Å². The summed E-state index contributed by atoms with van der Waals surface area (Å²) in [4.78, 5) is 17.7. The van der Waals surface area contributed by atoms with E-state index in [2.05, 4.69) is 10.1 Å². The predicted molar refractivity (Wildman–Crippen MR) is 84.6 cm³/mol. The van der Waals surface area contributed by atoms with Crippen molar-refractivity contribution in [3.05, 3.63) is 65.7 Å². The van der Waals surface area contributed by atoms with Crippen LogP contribution in [-0.2, 0) is 19.3 Å². The van der Waals surface area contributed by atoms with Gasteiger partial charge in [0.2, 0.25) is 5.89 Å². The van der Waals surface area contributed by atoms with Gasteiger partial charge in [-0.2, -0.15) is 13.2 Å². The van der Waals surface area contributed by atoms with E-state index in [4.69, 9.17) is 13.7 Å². The standard InChI is InChI=1S/C17H14F3N3O4/c1-23(8-12-5-6-27-22-12)16(24)14-9-26-15(21-14)10-25-13-4-2-3-11(7-13)17(18,19)20/h2-7,9H,8,10H2,1H3. The normalized spacial score (nSPS) is 11.4. The molecule has 0 aliphatic heterocycles. The molecule has 7 nitrogen and oxygen atoms in total. The van der Waals surface area contributed by atoms with Crippen LogP contribution < -0.4 is 4.74 Å². The van der Waals surface area contributed by atoms with Crippen LogP contribution in [-0.4, -0.2) is 28.0 Å². The fourth-order valence-electron chi connectivity index (χ4n) is 2.21. The van der Waals surface area contributed by atoms with Gasteiger partial charge in [0.1, 0.15) is 24.0 Å². The topological polar surface area (TPSA) is 81.6 Å². The number of aromatic nitrogens is 2. The summed E-state index contributed by atoms with van der Waals surface area (Å²) >= 11 is 0. The van der Waals surface area contributed by atoms with E-state index in [1.165, 1.54) is 23.3 Å². The van der Waals surface area contributed by atoms with Crippen molar-refractivity contribution in [2.24, 2.45) is 0 Å². The zero-order chi connectivity index (χ0) is 19.4. The molecule has 142 valence electrons. The van der Waals surface area contributed by atoms with Gasteiger partial charge in [0, 0.05) is 13.1 Å². The third-order valence-corrected chi connectivity index (χ3v) is 3.53. The first-order chi connectivity index (χ1) is 12.8. The van der Waals surface area contributed by atoms with E-state index in [0.717, 1.165) is 18.4 Å². The first-order valence-electron chi connectivity index (χ1n) is 7.72. The Morgan fingerprint density at radius 1 is 1.30 bits per heavy atom. The number of hydrogen-bond donors (Lipinski definition) is 0. The Morgan fingerprint density at radius 3 is 2.81 bits per heavy atom. The molecule has 0 atom stereocenters. The molecule has 3 aromatic rings. The van der Waals surface area contributed by atoms with E-state index in [0.29, 0.717) is 5.69 Å². The van der Waals surface area contributed by atoms with Crippen LogP contribution in [0.4, 0.5) is 13.2 Å². The number of benzene rings is 1. The number of oxazole rings is 1. The van der Waals surface area contributed by atoms with Crippen molar-refractivity contribution in [2.45, 2.75) is 19.3 Å². The highest BCUT2D eigenvalue weighted by atomic mass is 19.4. The van der Waals surface area contributed by atoms with Gasteiger partial charge >= 0.3 is 6.18 Å². The van der Waals surface area contributed by atoms with Gasteiger partial charge < -0.3 is 18.6 Å². The van der Waals surface area contributed by atoms with Crippen molar-refractivity contribution in [1.29, 1.82) is 0 Å². The molecular weight excluding hydrogens is 367 g/mol. The van der Waals surface area contributed by atoms with Crippen LogP contribution in [0.5, 0.6) is 5.75 Å². The molecule has 0 saturated heterocycles. The fourth-order valence-corrected chi connectivity index (χ4v) is 2.21. The maximum atomic E-state index is 12.7. The van der Waals surface area contributed by atoms with Crippen LogP contribution in [0.25, 0.3) is 0 Å². The Labute approximate surface area is 151 Å². The second-order valence-electron chi connectivity index (χ2n) is 5.59. The second-order valence-corrected chi connectivity index (χ2v) is 5.59. The molecule has 3 rings (SSSR count). The van der Waals surface area contributed by atoms with Crippen molar-refractivity contribution in [2.75, 3.05) is 7.05 Å². The number of nitrogens with zero attached hydrogens (tertiary/aromatic N) is 3. The second kappa shape index (κ2) is 7.52. The van der Waals surface area contributed by atoms with Crippen molar-refractivity contribution < 1.29 is 31.6 Å². The molecule has 0 radical (unpaired) electrons. The monoisotopic (exact) mass is 381 g/mol. The smallest absolute Gasteiger partial charge is 0.416 e. The van der Waals surface area contributed by atoms with Gasteiger partial charge in [-0.1, -0.05) is 11.2 Å². The van der Waals surface area contributed by atoms with E-state index in [9.17, 15) is 18.0 Å². The minimum absolute atomic E-state index is 0.0130. The average molecular weight is 381 g/mol. The molecule has 0 N–H and O–H groups in total. The molecule has 27 heavy (non-hydrogen) atoms. The Kier molecular flexibility index (Phi) is 5.15. The summed E-state index contributed by atoms with van der Waals surface area (Å²) in [6.45, 7) is -0.000147. The molecule has 1 amide bonds. The third-order valence-electron chi connectivity index (χ3n) is 3.53. The Morgan fingerprint density at radius 2 is 2.11 bits per heavy atom. The minimum Gasteiger partial charge on any atom is -0.484 e. The Bertz CT molecular complexity index is 906. The summed E-state index contributed by atoms with van der Waals surface area (Å²) in [7, 11) is 1.56. The summed E-state index contributed by atoms with van der Waals surface area (Å²) in [5.74, 6) is -0.336. The summed E-state index contributed by atoms with van der Waals surface area (Å²) in [6.07, 6.45) is -1.91. The zero-order valence-corrected chi connectivity index (χ0v) is 14.1. The predicted octanol–water partition coefficient (Wildman–Crippen LogP) is 3.53. The highest BCUT2D eigenvalue weighted by molar-refractivity contribution is 5.91. The first kappa shape index (κ1) is 18.5. The van der Waals surface area contributed by atoms with Gasteiger partial charge in [-0.15, -0.1) is 0 Å². The lowest BCUT2D eigenvalue weighted by Gasteiger charge is -2.13. The lowest BCUT2D eigenvalue weighted by Crippen LogP contribution is -2.26. The summed E-state index contributed by atoms with van der Waals surface area (Å²) in [5.41, 5.74) is -0.205. The van der Waals surface area contributed by atoms with E-state index in [1.807, 2.05) is 0 Å². The SMILES string of the molecule is CN(Cc1ccon1)C(=O)c1coc(COc2cccc(C(F)(F)F)c2)n1. The number of hydrogen-bond acceptors (Lipinski definition) is 6. The van der Waals surface area contributed by atoms with Crippen LogP contribution in [0.15, 0.2) is 51.8 Å². The van der Waals surface area contributed by atoms with Crippen LogP contribution in [0.3, 0.4) is 0 Å². The van der Waals surface area contributed by atoms with Crippen LogP contribution in [0.1, 0.15) is 27.6 Å². The van der Waals surface area contributed by atoms with Gasteiger partial charge in [0.25, 0.3) is 5.91 Å². The molecule has 0 aliphatic rings. The lowest BCUT2D eigenvalue weighted by atomic mass is 10.2. The quantitative estimate of drug-likeness (QED) is 0.650. The molecule has 10 heteroatoms. The fraction of sp³-hybridized carbons (Fsp3) is 0.235. The zero-order valence-electron chi connectivity index (χ0n) is 14.1. The van der Waals surface area contributed by atoms with Crippen molar-refractivity contribution in [3.8, 4) is 5.75 Å². The number of rotatable bonds is 6. The summed E-state index contributed by atoms with van der Waals surface area (Å²) in [5, 5.41) is 3.71. The van der Waals surface area contributed by atoms with E-state index in [-0.39, 0.29) is 30.5 Å². The van der Waals surface area contributed by atoms with Gasteiger partial charge in [0.05, 0.1) is 12.1 Å². The van der Waals surface area contributed by atoms with Crippen molar-refractivity contribution >= 4 is 5.91 Å². The first-order valence-corrected chi connectivity index (χ1v) is 7.72. The van der Waals surface area contributed by atoms with Crippen LogP contribution in [0, 0.1) is 0 Å². The molecule has 2 heterocycles. The van der Waals surface area contributed by atoms with E-state index >= 15 is 0 Å². The number of carbonyl (C=O) groups is 1. The maximum Gasteiger partial charge on any atom is 0.416 e. The number of amides is 1. The Hall–Kier alpha value is -3.30.